The van der Waals surface area contributed by atoms with Crippen LogP contribution in [0.1, 0.15) is 32.6 Å². The average molecular weight is 223 g/mol. The normalized spacial score (nSPS) is 27.3. The topological polar surface area (TPSA) is 66.0 Å². The first-order valence-corrected chi connectivity index (χ1v) is 6.16. The third-order valence-electron chi connectivity index (χ3n) is 3.10. The molecule has 0 aromatic rings. The van der Waals surface area contributed by atoms with E-state index < -0.39 is 0 Å². The second-order valence-electron chi connectivity index (χ2n) is 4.56. The molecule has 1 unspecified atom stereocenters. The number of likely N-dealkylation sites (tertiary alicyclic amines) is 1. The number of rotatable bonds is 0. The van der Waals surface area contributed by atoms with Crippen LogP contribution in [0.5, 0.6) is 0 Å². The molecule has 90 valence electrons. The van der Waals surface area contributed by atoms with Crippen LogP contribution in [-0.4, -0.2) is 42.5 Å². The van der Waals surface area contributed by atoms with Gasteiger partial charge >= 0.3 is 0 Å². The number of aliphatic imine (C=N–C) groups is 2. The van der Waals surface area contributed by atoms with Crippen molar-refractivity contribution in [2.75, 3.05) is 19.6 Å². The van der Waals surface area contributed by atoms with Gasteiger partial charge < -0.3 is 16.0 Å². The highest BCUT2D eigenvalue weighted by Gasteiger charge is 2.14. The van der Waals surface area contributed by atoms with Crippen molar-refractivity contribution in [2.45, 2.75) is 38.6 Å². The van der Waals surface area contributed by atoms with Crippen LogP contribution in [-0.2, 0) is 0 Å². The predicted molar refractivity (Wildman–Crippen MR) is 66.6 cm³/mol. The van der Waals surface area contributed by atoms with Gasteiger partial charge in [-0.15, -0.1) is 0 Å². The summed E-state index contributed by atoms with van der Waals surface area (Å²) < 4.78 is 0. The Hall–Kier alpha value is -1.26. The summed E-state index contributed by atoms with van der Waals surface area (Å²) in [5, 5.41) is 3.24. The Bertz CT molecular complexity index is 291. The van der Waals surface area contributed by atoms with Crippen LogP contribution in [0.2, 0.25) is 0 Å². The zero-order valence-corrected chi connectivity index (χ0v) is 9.95. The number of hydrogen-bond donors (Lipinski definition) is 2. The quantitative estimate of drug-likeness (QED) is 0.465. The van der Waals surface area contributed by atoms with Crippen molar-refractivity contribution in [3.05, 3.63) is 0 Å². The number of hydrogen-bond acceptors (Lipinski definition) is 3. The van der Waals surface area contributed by atoms with Crippen molar-refractivity contribution in [3.63, 3.8) is 0 Å². The first kappa shape index (κ1) is 11.2. The summed E-state index contributed by atoms with van der Waals surface area (Å²) >= 11 is 0. The molecule has 0 aromatic heterocycles. The van der Waals surface area contributed by atoms with Crippen LogP contribution < -0.4 is 11.1 Å². The molecule has 5 nitrogen and oxygen atoms in total. The molecule has 5 heteroatoms. The maximum Gasteiger partial charge on any atom is 0.221 e. The third-order valence-corrected chi connectivity index (χ3v) is 3.10. The van der Waals surface area contributed by atoms with E-state index in [0.29, 0.717) is 18.0 Å². The van der Waals surface area contributed by atoms with E-state index in [0.717, 1.165) is 26.1 Å². The van der Waals surface area contributed by atoms with E-state index in [1.54, 1.807) is 0 Å². The standard InChI is InChI=1S/C11H21N5/c1-9-5-6-13-11(14-9)15-10(12)16-7-3-2-4-8-16/h9H,2-8H2,1H3,(H3,12,13,14,15). The maximum atomic E-state index is 5.98. The Kier molecular flexibility index (Phi) is 3.64. The molecule has 2 rings (SSSR count). The predicted octanol–water partition coefficient (Wildman–Crippen LogP) is 0.525. The van der Waals surface area contributed by atoms with Gasteiger partial charge in [0.1, 0.15) is 0 Å². The Labute approximate surface area is 96.8 Å². The highest BCUT2D eigenvalue weighted by molar-refractivity contribution is 5.94. The highest BCUT2D eigenvalue weighted by atomic mass is 15.3. The van der Waals surface area contributed by atoms with E-state index in [1.165, 1.54) is 19.3 Å². The van der Waals surface area contributed by atoms with Gasteiger partial charge in [0.25, 0.3) is 0 Å². The Balaban J connectivity index is 1.96. The molecule has 2 aliphatic rings. The molecule has 0 saturated carbocycles. The first-order chi connectivity index (χ1) is 7.75. The van der Waals surface area contributed by atoms with Crippen LogP contribution in [0.4, 0.5) is 0 Å². The molecule has 1 atom stereocenters. The minimum Gasteiger partial charge on any atom is -0.369 e. The van der Waals surface area contributed by atoms with E-state index in [9.17, 15) is 0 Å². The molecule has 2 aliphatic heterocycles. The molecule has 0 bridgehead atoms. The molecule has 1 fully saturated rings. The van der Waals surface area contributed by atoms with Gasteiger partial charge in [-0.3, -0.25) is 4.99 Å². The minimum atomic E-state index is 0.449. The van der Waals surface area contributed by atoms with Crippen molar-refractivity contribution >= 4 is 11.9 Å². The zero-order chi connectivity index (χ0) is 11.4. The monoisotopic (exact) mass is 223 g/mol. The SMILES string of the molecule is CC1CCN=C(N=C(N)N2CCCCC2)N1. The molecular weight excluding hydrogens is 202 g/mol. The van der Waals surface area contributed by atoms with E-state index >= 15 is 0 Å². The fourth-order valence-corrected chi connectivity index (χ4v) is 2.07. The first-order valence-electron chi connectivity index (χ1n) is 6.16. The molecule has 3 N–H and O–H groups in total. The van der Waals surface area contributed by atoms with Crippen LogP contribution in [0, 0.1) is 0 Å². The third kappa shape index (κ3) is 2.87. The number of nitrogens with two attached hydrogens (primary N) is 1. The molecule has 0 aliphatic carbocycles. The summed E-state index contributed by atoms with van der Waals surface area (Å²) in [5.41, 5.74) is 5.98. The van der Waals surface area contributed by atoms with Gasteiger partial charge in [-0.2, -0.15) is 4.99 Å². The minimum absolute atomic E-state index is 0.449. The fourth-order valence-electron chi connectivity index (χ4n) is 2.07. The molecule has 0 amide bonds. The summed E-state index contributed by atoms with van der Waals surface area (Å²) in [4.78, 5) is 10.8. The van der Waals surface area contributed by atoms with Crippen molar-refractivity contribution in [3.8, 4) is 0 Å². The van der Waals surface area contributed by atoms with Gasteiger partial charge in [0, 0.05) is 25.7 Å². The number of nitrogens with one attached hydrogen (secondary N) is 1. The summed E-state index contributed by atoms with van der Waals surface area (Å²) in [6.07, 6.45) is 4.81. The molecule has 2 heterocycles. The lowest BCUT2D eigenvalue weighted by molar-refractivity contribution is 0.339. The van der Waals surface area contributed by atoms with Gasteiger partial charge in [0.15, 0.2) is 5.96 Å². The van der Waals surface area contributed by atoms with Crippen molar-refractivity contribution in [1.29, 1.82) is 0 Å². The lowest BCUT2D eigenvalue weighted by Crippen LogP contribution is -2.43. The van der Waals surface area contributed by atoms with Crippen LogP contribution >= 0.6 is 0 Å². The number of nitrogens with zero attached hydrogens (tertiary/aromatic N) is 3. The summed E-state index contributed by atoms with van der Waals surface area (Å²) in [6, 6.07) is 0.449. The Morgan fingerprint density at radius 3 is 2.88 bits per heavy atom. The van der Waals surface area contributed by atoms with Crippen LogP contribution in [0.25, 0.3) is 0 Å². The Morgan fingerprint density at radius 2 is 2.19 bits per heavy atom. The molecule has 16 heavy (non-hydrogen) atoms. The van der Waals surface area contributed by atoms with Gasteiger partial charge in [0.2, 0.25) is 5.96 Å². The van der Waals surface area contributed by atoms with E-state index in [4.69, 9.17) is 5.73 Å². The molecular formula is C11H21N5. The number of piperidine rings is 1. The van der Waals surface area contributed by atoms with Gasteiger partial charge in [0.05, 0.1) is 0 Å². The lowest BCUT2D eigenvalue weighted by atomic mass is 10.1. The largest absolute Gasteiger partial charge is 0.369 e. The van der Waals surface area contributed by atoms with Gasteiger partial charge in [-0.25, -0.2) is 0 Å². The number of guanidine groups is 2. The second-order valence-corrected chi connectivity index (χ2v) is 4.56. The van der Waals surface area contributed by atoms with E-state index in [1.807, 2.05) is 0 Å². The van der Waals surface area contributed by atoms with Crippen LogP contribution in [0.15, 0.2) is 9.98 Å². The summed E-state index contributed by atoms with van der Waals surface area (Å²) in [5.74, 6) is 1.31. The smallest absolute Gasteiger partial charge is 0.221 e. The molecule has 0 aromatic carbocycles. The molecule has 0 radical (unpaired) electrons. The second kappa shape index (κ2) is 5.18. The molecule has 1 saturated heterocycles. The Morgan fingerprint density at radius 1 is 1.44 bits per heavy atom. The van der Waals surface area contributed by atoms with Gasteiger partial charge in [-0.1, -0.05) is 0 Å². The highest BCUT2D eigenvalue weighted by Crippen LogP contribution is 2.08. The van der Waals surface area contributed by atoms with Crippen molar-refractivity contribution in [2.24, 2.45) is 15.7 Å². The molecule has 0 spiro atoms. The lowest BCUT2D eigenvalue weighted by Gasteiger charge is -2.28. The maximum absolute atomic E-state index is 5.98. The van der Waals surface area contributed by atoms with Gasteiger partial charge in [-0.05, 0) is 32.6 Å². The summed E-state index contributed by atoms with van der Waals surface area (Å²) in [7, 11) is 0. The van der Waals surface area contributed by atoms with Crippen molar-refractivity contribution in [1.82, 2.24) is 10.2 Å². The average Bonchev–Trinajstić information content (AvgIpc) is 2.30. The summed E-state index contributed by atoms with van der Waals surface area (Å²) in [6.45, 7) is 5.04. The van der Waals surface area contributed by atoms with Crippen molar-refractivity contribution < 1.29 is 0 Å². The van der Waals surface area contributed by atoms with E-state index in [-0.39, 0.29) is 0 Å². The fraction of sp³-hybridized carbons (Fsp3) is 0.818. The zero-order valence-electron chi connectivity index (χ0n) is 9.95. The van der Waals surface area contributed by atoms with E-state index in [2.05, 4.69) is 27.1 Å². The van der Waals surface area contributed by atoms with Crippen LogP contribution in [0.3, 0.4) is 0 Å².